The summed E-state index contributed by atoms with van der Waals surface area (Å²) in [5, 5.41) is 3.21. The normalized spacial score (nSPS) is 12.3. The van der Waals surface area contributed by atoms with Crippen LogP contribution in [0.25, 0.3) is 0 Å². The van der Waals surface area contributed by atoms with E-state index in [0.717, 1.165) is 16.5 Å². The lowest BCUT2D eigenvalue weighted by Crippen LogP contribution is -1.95. The molecule has 2 aromatic rings. The molecule has 0 amide bonds. The Morgan fingerprint density at radius 3 is 2.42 bits per heavy atom. The molecule has 24 heavy (non-hydrogen) atoms. The quantitative estimate of drug-likeness (QED) is 0.313. The molecule has 0 bridgehead atoms. The van der Waals surface area contributed by atoms with Gasteiger partial charge in [0.2, 0.25) is 0 Å². The third-order valence-electron chi connectivity index (χ3n) is 3.34. The Morgan fingerprint density at radius 2 is 1.75 bits per heavy atom. The number of benzene rings is 2. The van der Waals surface area contributed by atoms with Crippen LogP contribution in [0.5, 0.6) is 0 Å². The van der Waals surface area contributed by atoms with Crippen LogP contribution in [0.15, 0.2) is 69.9 Å². The Hall–Kier alpha value is -1.45. The van der Waals surface area contributed by atoms with Gasteiger partial charge in [0.25, 0.3) is 0 Å². The van der Waals surface area contributed by atoms with Gasteiger partial charge in [-0.25, -0.2) is 4.99 Å². The van der Waals surface area contributed by atoms with Crippen LogP contribution in [0.3, 0.4) is 0 Å². The molecule has 0 saturated carbocycles. The summed E-state index contributed by atoms with van der Waals surface area (Å²) in [6.07, 6.45) is 2.13. The molecular weight excluding hydrogens is 330 g/mol. The summed E-state index contributed by atoms with van der Waals surface area (Å²) >= 11 is 3.57. The van der Waals surface area contributed by atoms with E-state index in [9.17, 15) is 0 Å². The first kappa shape index (κ1) is 18.9. The molecule has 0 aromatic heterocycles. The van der Waals surface area contributed by atoms with Gasteiger partial charge < -0.3 is 0 Å². The maximum Gasteiger partial charge on any atom is 0.0972 e. The second-order valence-corrected chi connectivity index (χ2v) is 8.16. The summed E-state index contributed by atoms with van der Waals surface area (Å²) in [5.41, 5.74) is 3.58. The first-order chi connectivity index (χ1) is 11.5. The molecule has 126 valence electrons. The number of nitrogens with zero attached hydrogens (tertiary/aromatic N) is 1. The van der Waals surface area contributed by atoms with E-state index in [0.29, 0.717) is 5.92 Å². The molecule has 0 spiro atoms. The van der Waals surface area contributed by atoms with Crippen LogP contribution in [0.1, 0.15) is 25.0 Å². The monoisotopic (exact) mass is 355 g/mol. The fraction of sp³-hybridized carbons (Fsp3) is 0.286. The lowest BCUT2D eigenvalue weighted by molar-refractivity contribution is 0.752. The molecule has 0 saturated heterocycles. The summed E-state index contributed by atoms with van der Waals surface area (Å²) < 4.78 is 0. The predicted molar refractivity (Wildman–Crippen MR) is 112 cm³/mol. The van der Waals surface area contributed by atoms with Gasteiger partial charge in [-0.05, 0) is 55.0 Å². The van der Waals surface area contributed by atoms with Gasteiger partial charge in [0.1, 0.15) is 0 Å². The average Bonchev–Trinajstić information content (AvgIpc) is 2.56. The molecule has 0 heterocycles. The van der Waals surface area contributed by atoms with Gasteiger partial charge in [0.05, 0.1) is 10.7 Å². The van der Waals surface area contributed by atoms with Crippen molar-refractivity contribution in [2.24, 2.45) is 10.9 Å². The van der Waals surface area contributed by atoms with Crippen LogP contribution in [0.2, 0.25) is 0 Å². The first-order valence-electron chi connectivity index (χ1n) is 8.21. The number of thioether (sulfide) groups is 2. The maximum atomic E-state index is 4.80. The highest BCUT2D eigenvalue weighted by molar-refractivity contribution is 8.14. The van der Waals surface area contributed by atoms with Crippen LogP contribution in [0.4, 0.5) is 5.69 Å². The third kappa shape index (κ3) is 6.58. The van der Waals surface area contributed by atoms with E-state index in [1.54, 1.807) is 11.8 Å². The van der Waals surface area contributed by atoms with Crippen LogP contribution in [-0.4, -0.2) is 10.8 Å². The second-order valence-electron chi connectivity index (χ2n) is 6.18. The Kier molecular flexibility index (Phi) is 7.67. The molecule has 0 unspecified atom stereocenters. The summed E-state index contributed by atoms with van der Waals surface area (Å²) in [4.78, 5) is 6.09. The zero-order valence-corrected chi connectivity index (χ0v) is 16.5. The Bertz CT molecular complexity index is 700. The minimum absolute atomic E-state index is 0.649. The van der Waals surface area contributed by atoms with E-state index < -0.39 is 0 Å². The van der Waals surface area contributed by atoms with Crippen LogP contribution < -0.4 is 0 Å². The highest BCUT2D eigenvalue weighted by Gasteiger charge is 2.01. The summed E-state index contributed by atoms with van der Waals surface area (Å²) in [6.45, 7) is 8.72. The zero-order chi connectivity index (χ0) is 17.4. The molecule has 0 radical (unpaired) electrons. The highest BCUT2D eigenvalue weighted by Crippen LogP contribution is 2.24. The largest absolute Gasteiger partial charge is 0.242 e. The smallest absolute Gasteiger partial charge is 0.0972 e. The zero-order valence-electron chi connectivity index (χ0n) is 14.8. The van der Waals surface area contributed by atoms with Crippen molar-refractivity contribution in [1.29, 1.82) is 0 Å². The van der Waals surface area contributed by atoms with Crippen molar-refractivity contribution < 1.29 is 0 Å². The van der Waals surface area contributed by atoms with Gasteiger partial charge in [-0.1, -0.05) is 61.5 Å². The van der Waals surface area contributed by atoms with Gasteiger partial charge in [-0.15, -0.1) is 11.8 Å². The summed E-state index contributed by atoms with van der Waals surface area (Å²) in [5.74, 6) is 1.72. The van der Waals surface area contributed by atoms with Gasteiger partial charge in [-0.2, -0.15) is 0 Å². The maximum absolute atomic E-state index is 4.80. The van der Waals surface area contributed by atoms with E-state index in [-0.39, 0.29) is 0 Å². The number of aliphatic imine (C=N–C) groups is 1. The van der Waals surface area contributed by atoms with E-state index in [1.807, 2.05) is 11.8 Å². The van der Waals surface area contributed by atoms with Gasteiger partial charge in [0.15, 0.2) is 0 Å². The van der Waals surface area contributed by atoms with Crippen LogP contribution in [0, 0.1) is 19.8 Å². The first-order valence-corrected chi connectivity index (χ1v) is 10.1. The van der Waals surface area contributed by atoms with E-state index in [1.165, 1.54) is 16.0 Å². The van der Waals surface area contributed by atoms with Crippen molar-refractivity contribution in [1.82, 2.24) is 0 Å². The second kappa shape index (κ2) is 9.75. The van der Waals surface area contributed by atoms with Crippen molar-refractivity contribution in [2.45, 2.75) is 32.6 Å². The van der Waals surface area contributed by atoms with E-state index in [2.05, 4.69) is 87.7 Å². The minimum Gasteiger partial charge on any atom is -0.242 e. The Morgan fingerprint density at radius 1 is 1.04 bits per heavy atom. The highest BCUT2D eigenvalue weighted by atomic mass is 32.2. The van der Waals surface area contributed by atoms with E-state index in [4.69, 9.17) is 4.99 Å². The number of hydrogen-bond acceptors (Lipinski definition) is 3. The average molecular weight is 356 g/mol. The van der Waals surface area contributed by atoms with Gasteiger partial charge in [-0.3, -0.25) is 0 Å². The molecule has 3 heteroatoms. The molecule has 0 aliphatic carbocycles. The Labute approximate surface area is 154 Å². The topological polar surface area (TPSA) is 12.4 Å². The number of hydrogen-bond donors (Lipinski definition) is 0. The van der Waals surface area contributed by atoms with Gasteiger partial charge >= 0.3 is 0 Å². The van der Waals surface area contributed by atoms with Crippen molar-refractivity contribution in [3.8, 4) is 0 Å². The standard InChI is InChI=1S/C21H25NS2/c1-16(2)15-24-21(22-19-11-9-17(3)10-12-19)13-14-23-20-8-6-5-7-18(20)4/h5-14,16H,15H2,1-4H3. The molecule has 0 aliphatic rings. The van der Waals surface area contributed by atoms with Gasteiger partial charge in [0, 0.05) is 10.6 Å². The Balaban J connectivity index is 2.11. The third-order valence-corrected chi connectivity index (χ3v) is 5.68. The molecule has 0 N–H and O–H groups in total. The van der Waals surface area contributed by atoms with Crippen LogP contribution >= 0.6 is 23.5 Å². The fourth-order valence-electron chi connectivity index (χ4n) is 1.97. The fourth-order valence-corrected chi connectivity index (χ4v) is 3.65. The van der Waals surface area contributed by atoms with Crippen LogP contribution in [-0.2, 0) is 0 Å². The lowest BCUT2D eigenvalue weighted by Gasteiger charge is -2.06. The van der Waals surface area contributed by atoms with Crippen molar-refractivity contribution in [3.63, 3.8) is 0 Å². The summed E-state index contributed by atoms with van der Waals surface area (Å²) in [7, 11) is 0. The summed E-state index contributed by atoms with van der Waals surface area (Å²) in [6, 6.07) is 16.8. The lowest BCUT2D eigenvalue weighted by atomic mass is 10.2. The van der Waals surface area contributed by atoms with Crippen molar-refractivity contribution in [3.05, 3.63) is 71.1 Å². The van der Waals surface area contributed by atoms with E-state index >= 15 is 0 Å². The molecule has 2 rings (SSSR count). The van der Waals surface area contributed by atoms with Crippen molar-refractivity contribution in [2.75, 3.05) is 5.75 Å². The molecule has 0 fully saturated rings. The minimum atomic E-state index is 0.649. The number of rotatable bonds is 6. The molecule has 2 aromatic carbocycles. The molecule has 0 aliphatic heterocycles. The molecular formula is C21H25NS2. The van der Waals surface area contributed by atoms with Crippen molar-refractivity contribution >= 4 is 34.3 Å². The molecule has 0 atom stereocenters. The SMILES string of the molecule is Cc1ccc(N=C(C=CSc2ccccc2C)SCC(C)C)cc1. The predicted octanol–water partition coefficient (Wildman–Crippen LogP) is 7.03. The number of aryl methyl sites for hydroxylation is 2. The molecule has 1 nitrogen and oxygen atoms in total.